The van der Waals surface area contributed by atoms with Crippen molar-refractivity contribution in [1.29, 1.82) is 0 Å². The molecule has 1 aromatic heterocycles. The average molecular weight is 510 g/mol. The van der Waals surface area contributed by atoms with Crippen LogP contribution in [0.5, 0.6) is 5.75 Å². The van der Waals surface area contributed by atoms with E-state index in [-0.39, 0.29) is 39.4 Å². The van der Waals surface area contributed by atoms with Crippen LogP contribution in [0.25, 0.3) is 11.0 Å². The Morgan fingerprint density at radius 2 is 1.78 bits per heavy atom. The Labute approximate surface area is 183 Å². The third-order valence-corrected chi connectivity index (χ3v) is 5.39. The molecule has 0 aliphatic carbocycles. The maximum absolute atomic E-state index is 6.29. The summed E-state index contributed by atoms with van der Waals surface area (Å²) in [6.45, 7) is 9.79. The number of hydrogen-bond acceptors (Lipinski definition) is 4. The van der Waals surface area contributed by atoms with Crippen LogP contribution in [0.3, 0.4) is 0 Å². The van der Waals surface area contributed by atoms with Crippen LogP contribution in [0.1, 0.15) is 43.9 Å². The van der Waals surface area contributed by atoms with Crippen molar-refractivity contribution in [2.75, 3.05) is 40.3 Å². The average Bonchev–Trinajstić information content (AvgIpc) is 3.05. The van der Waals surface area contributed by atoms with E-state index in [9.17, 15) is 0 Å². The highest BCUT2D eigenvalue weighted by atomic mass is 79.9. The van der Waals surface area contributed by atoms with Gasteiger partial charge in [-0.15, -0.1) is 34.0 Å². The van der Waals surface area contributed by atoms with Crippen LogP contribution in [-0.4, -0.2) is 55.6 Å². The highest BCUT2D eigenvalue weighted by molar-refractivity contribution is 8.93. The lowest BCUT2D eigenvalue weighted by Crippen LogP contribution is -2.29. The van der Waals surface area contributed by atoms with E-state index in [1.165, 1.54) is 23.8 Å². The van der Waals surface area contributed by atoms with Gasteiger partial charge < -0.3 is 19.5 Å². The molecule has 1 fully saturated rings. The lowest BCUT2D eigenvalue weighted by molar-refractivity contribution is 0.242. The third-order valence-electron chi connectivity index (χ3n) is 5.39. The number of likely N-dealkylation sites (tertiary alicyclic amines) is 1. The number of hydrogen-bond donors (Lipinski definition) is 0. The number of benzene rings is 1. The Balaban J connectivity index is 0.00000225. The second-order valence-corrected chi connectivity index (χ2v) is 6.86. The second-order valence-electron chi connectivity index (χ2n) is 6.86. The van der Waals surface area contributed by atoms with Crippen LogP contribution in [0, 0.1) is 0 Å². The zero-order valence-corrected chi connectivity index (χ0v) is 20.2. The summed E-state index contributed by atoms with van der Waals surface area (Å²) in [7, 11) is 3.91. The van der Waals surface area contributed by atoms with E-state index >= 15 is 0 Å². The van der Waals surface area contributed by atoms with Crippen molar-refractivity contribution in [2.45, 2.75) is 39.2 Å². The predicted octanol–water partition coefficient (Wildman–Crippen LogP) is 4.42. The van der Waals surface area contributed by atoms with Gasteiger partial charge in [0.25, 0.3) is 0 Å². The van der Waals surface area contributed by atoms with Crippen molar-refractivity contribution in [2.24, 2.45) is 0 Å². The number of fused-ring (bicyclic) bond motifs is 1. The minimum atomic E-state index is 0. The number of piperidine rings is 1. The number of ether oxygens (including phenoxy) is 1. The number of methoxy groups -OCH3 is 1. The van der Waals surface area contributed by atoms with Gasteiger partial charge >= 0.3 is 0 Å². The molecule has 1 aromatic carbocycles. The van der Waals surface area contributed by atoms with Crippen molar-refractivity contribution in [1.82, 2.24) is 9.80 Å². The first-order valence-corrected chi connectivity index (χ1v) is 9.16. The van der Waals surface area contributed by atoms with E-state index in [2.05, 4.69) is 42.8 Å². The van der Waals surface area contributed by atoms with E-state index in [0.29, 0.717) is 5.92 Å². The number of rotatable bonds is 6. The summed E-state index contributed by atoms with van der Waals surface area (Å²) < 4.78 is 11.8. The molecule has 2 aromatic rings. The maximum atomic E-state index is 6.29. The van der Waals surface area contributed by atoms with Crippen molar-refractivity contribution < 1.29 is 14.6 Å². The lowest BCUT2D eigenvalue weighted by atomic mass is 9.94. The van der Waals surface area contributed by atoms with Crippen LogP contribution < -0.4 is 4.74 Å². The van der Waals surface area contributed by atoms with Crippen LogP contribution in [0.15, 0.2) is 22.6 Å². The molecule has 0 bridgehead atoms. The fourth-order valence-electron chi connectivity index (χ4n) is 3.65. The van der Waals surface area contributed by atoms with Crippen LogP contribution in [-0.2, 0) is 6.54 Å². The normalized spacial score (nSPS) is 15.1. The Kier molecular flexibility index (Phi) is 11.8. The summed E-state index contributed by atoms with van der Waals surface area (Å²) in [4.78, 5) is 4.83. The number of furan rings is 1. The zero-order chi connectivity index (χ0) is 17.1. The van der Waals surface area contributed by atoms with Gasteiger partial charge in [0, 0.05) is 17.8 Å². The number of nitrogens with zero attached hydrogens (tertiary/aromatic N) is 2. The summed E-state index contributed by atoms with van der Waals surface area (Å²) >= 11 is 0. The summed E-state index contributed by atoms with van der Waals surface area (Å²) in [5.74, 6) is 2.50. The Hall–Kier alpha value is -0.600. The largest absolute Gasteiger partial charge is 0.493 e. The molecule has 0 unspecified atom stereocenters. The van der Waals surface area contributed by atoms with E-state index < -0.39 is 0 Å². The highest BCUT2D eigenvalue weighted by Gasteiger charge is 2.23. The molecule has 1 aliphatic heterocycles. The summed E-state index contributed by atoms with van der Waals surface area (Å²) in [6.07, 6.45) is 2.34. The van der Waals surface area contributed by atoms with Gasteiger partial charge in [0.1, 0.15) is 5.76 Å². The smallest absolute Gasteiger partial charge is 0.176 e. The Morgan fingerprint density at radius 1 is 1.15 bits per heavy atom. The second kappa shape index (κ2) is 12.1. The predicted molar refractivity (Wildman–Crippen MR) is 123 cm³/mol. The third kappa shape index (κ3) is 5.94. The van der Waals surface area contributed by atoms with Crippen molar-refractivity contribution in [3.05, 3.63) is 29.5 Å². The molecule has 156 valence electrons. The fourth-order valence-corrected chi connectivity index (χ4v) is 3.65. The van der Waals surface area contributed by atoms with E-state index in [1.54, 1.807) is 7.11 Å². The van der Waals surface area contributed by atoms with Gasteiger partial charge in [0.05, 0.1) is 7.11 Å². The van der Waals surface area contributed by atoms with E-state index in [1.807, 2.05) is 6.07 Å². The van der Waals surface area contributed by atoms with Crippen molar-refractivity contribution in [3.63, 3.8) is 0 Å². The van der Waals surface area contributed by atoms with Gasteiger partial charge in [0.15, 0.2) is 11.3 Å². The molecule has 2 N–H and O–H groups in total. The molecule has 2 heterocycles. The fraction of sp³-hybridized carbons (Fsp3) is 0.600. The molecule has 0 spiro atoms. The molecule has 7 heteroatoms. The molecule has 0 amide bonds. The van der Waals surface area contributed by atoms with Gasteiger partial charge in [0.2, 0.25) is 0 Å². The molecule has 27 heavy (non-hydrogen) atoms. The Morgan fingerprint density at radius 3 is 2.33 bits per heavy atom. The topological polar surface area (TPSA) is 60.4 Å². The van der Waals surface area contributed by atoms with Crippen LogP contribution in [0.2, 0.25) is 0 Å². The quantitative estimate of drug-likeness (QED) is 0.578. The van der Waals surface area contributed by atoms with Gasteiger partial charge in [-0.05, 0) is 63.8 Å². The molecule has 1 saturated heterocycles. The lowest BCUT2D eigenvalue weighted by Gasteiger charge is -2.27. The molecule has 5 nitrogen and oxygen atoms in total. The molecule has 0 radical (unpaired) electrons. The zero-order valence-electron chi connectivity index (χ0n) is 16.8. The SMILES string of the molecule is Br.Br.CCN(CC)Cc1ccc(OC)c2oc(C3CCN(C)CC3)cc12.O. The minimum absolute atomic E-state index is 0. The van der Waals surface area contributed by atoms with Gasteiger partial charge in [-0.25, -0.2) is 0 Å². The summed E-state index contributed by atoms with van der Waals surface area (Å²) in [5, 5.41) is 1.22. The molecular formula is C20H34Br2N2O3. The van der Waals surface area contributed by atoms with Crippen molar-refractivity contribution >= 4 is 44.9 Å². The highest BCUT2D eigenvalue weighted by Crippen LogP contribution is 2.37. The standard InChI is InChI=1S/C20H30N2O2.2BrH.H2O/c1-5-22(6-2)14-16-7-8-18(23-4)20-17(16)13-19(24-20)15-9-11-21(3)12-10-15;;;/h7-8,13,15H,5-6,9-12,14H2,1-4H3;2*1H;1H2. The minimum Gasteiger partial charge on any atom is -0.493 e. The molecular weight excluding hydrogens is 476 g/mol. The molecule has 1 aliphatic rings. The monoisotopic (exact) mass is 508 g/mol. The van der Waals surface area contributed by atoms with Crippen LogP contribution >= 0.6 is 34.0 Å². The van der Waals surface area contributed by atoms with E-state index in [0.717, 1.165) is 49.8 Å². The summed E-state index contributed by atoms with van der Waals surface area (Å²) in [6, 6.07) is 6.50. The Bertz CT molecular complexity index is 681. The van der Waals surface area contributed by atoms with Crippen molar-refractivity contribution in [3.8, 4) is 5.75 Å². The molecule has 0 atom stereocenters. The van der Waals surface area contributed by atoms with Gasteiger partial charge in [-0.1, -0.05) is 19.9 Å². The first kappa shape index (κ1) is 26.4. The first-order valence-electron chi connectivity index (χ1n) is 9.16. The summed E-state index contributed by atoms with van der Waals surface area (Å²) in [5.41, 5.74) is 2.24. The van der Waals surface area contributed by atoms with Crippen LogP contribution in [0.4, 0.5) is 0 Å². The van der Waals surface area contributed by atoms with E-state index in [4.69, 9.17) is 9.15 Å². The molecule has 0 saturated carbocycles. The first-order chi connectivity index (χ1) is 11.7. The maximum Gasteiger partial charge on any atom is 0.176 e. The number of halogens is 2. The molecule has 3 rings (SSSR count). The van der Waals surface area contributed by atoms with Gasteiger partial charge in [-0.2, -0.15) is 0 Å². The van der Waals surface area contributed by atoms with Gasteiger partial charge in [-0.3, -0.25) is 4.90 Å².